The van der Waals surface area contributed by atoms with E-state index in [0.29, 0.717) is 28.2 Å². The number of halogens is 3. The molecule has 3 aromatic carbocycles. The summed E-state index contributed by atoms with van der Waals surface area (Å²) in [5, 5.41) is 13.5. The van der Waals surface area contributed by atoms with Gasteiger partial charge >= 0.3 is 6.18 Å². The summed E-state index contributed by atoms with van der Waals surface area (Å²) < 4.78 is 50.0. The molecule has 0 amide bonds. The molecule has 2 N–H and O–H groups in total. The van der Waals surface area contributed by atoms with Gasteiger partial charge in [0, 0.05) is 5.56 Å². The van der Waals surface area contributed by atoms with E-state index < -0.39 is 17.3 Å². The van der Waals surface area contributed by atoms with Crippen LogP contribution in [-0.4, -0.2) is 23.3 Å². The Morgan fingerprint density at radius 1 is 1.08 bits per heavy atom. The third kappa shape index (κ3) is 6.17. The molecule has 38 heavy (non-hydrogen) atoms. The summed E-state index contributed by atoms with van der Waals surface area (Å²) in [6, 6.07) is 20.4. The standard InChI is InChI=1S/C27H20F3N5O3/c1-37-22-11-10-17(13-23(22)38-16-18-6-5-9-20(12-18)27(28,29)30)15-32-35-26-33-24(19-7-3-2-4-8-19)21(14-31)25(36)34-26/h2-13,15H,16H2,1H3,(H2,33,34,35,36). The molecular formula is C27H20F3N5O3. The zero-order valence-corrected chi connectivity index (χ0v) is 19.9. The van der Waals surface area contributed by atoms with Crippen molar-refractivity contribution in [1.82, 2.24) is 9.97 Å². The average molecular weight is 519 g/mol. The molecule has 0 aliphatic rings. The summed E-state index contributed by atoms with van der Waals surface area (Å²) in [6.45, 7) is -0.113. The van der Waals surface area contributed by atoms with Crippen molar-refractivity contribution in [2.45, 2.75) is 12.8 Å². The number of nitriles is 1. The van der Waals surface area contributed by atoms with Crippen LogP contribution in [0, 0.1) is 11.3 Å². The van der Waals surface area contributed by atoms with Crippen molar-refractivity contribution in [3.05, 3.63) is 105 Å². The molecule has 0 atom stereocenters. The summed E-state index contributed by atoms with van der Waals surface area (Å²) in [7, 11) is 1.44. The number of nitrogens with one attached hydrogen (secondary N) is 2. The Morgan fingerprint density at radius 2 is 1.87 bits per heavy atom. The number of hydrogen-bond donors (Lipinski definition) is 2. The molecule has 0 bridgehead atoms. The van der Waals surface area contributed by atoms with Crippen LogP contribution in [0.4, 0.5) is 19.1 Å². The highest BCUT2D eigenvalue weighted by atomic mass is 19.4. The third-order valence-corrected chi connectivity index (χ3v) is 5.30. The van der Waals surface area contributed by atoms with Crippen molar-refractivity contribution in [2.75, 3.05) is 12.5 Å². The zero-order valence-electron chi connectivity index (χ0n) is 19.9. The summed E-state index contributed by atoms with van der Waals surface area (Å²) >= 11 is 0. The van der Waals surface area contributed by atoms with Gasteiger partial charge in [-0.05, 0) is 41.5 Å². The van der Waals surface area contributed by atoms with Gasteiger partial charge in [0.25, 0.3) is 5.56 Å². The molecule has 4 rings (SSSR count). The van der Waals surface area contributed by atoms with Crippen LogP contribution in [-0.2, 0) is 12.8 Å². The second kappa shape index (κ2) is 11.3. The Hall–Kier alpha value is -5.11. The van der Waals surface area contributed by atoms with Crippen molar-refractivity contribution >= 4 is 12.2 Å². The molecule has 0 aliphatic heterocycles. The molecule has 192 valence electrons. The van der Waals surface area contributed by atoms with Crippen molar-refractivity contribution in [2.24, 2.45) is 5.10 Å². The fourth-order valence-corrected chi connectivity index (χ4v) is 3.49. The highest BCUT2D eigenvalue weighted by Gasteiger charge is 2.30. The first-order valence-electron chi connectivity index (χ1n) is 11.1. The number of anilines is 1. The maximum atomic E-state index is 13.0. The number of H-pyrrole nitrogens is 1. The number of methoxy groups -OCH3 is 1. The molecule has 0 unspecified atom stereocenters. The number of aromatic amines is 1. The number of ether oxygens (including phenoxy) is 2. The highest BCUT2D eigenvalue weighted by Crippen LogP contribution is 2.31. The number of hydrogen-bond acceptors (Lipinski definition) is 7. The van der Waals surface area contributed by atoms with Gasteiger partial charge in [0.15, 0.2) is 11.5 Å². The second-order valence-electron chi connectivity index (χ2n) is 7.88. The predicted octanol–water partition coefficient (Wildman–Crippen LogP) is 5.36. The number of benzene rings is 3. The summed E-state index contributed by atoms with van der Waals surface area (Å²) in [4.78, 5) is 19.2. The molecular weight excluding hydrogens is 499 g/mol. The molecule has 4 aromatic rings. The summed E-state index contributed by atoms with van der Waals surface area (Å²) in [6.07, 6.45) is -3.02. The zero-order chi connectivity index (χ0) is 27.1. The van der Waals surface area contributed by atoms with E-state index in [9.17, 15) is 23.2 Å². The number of nitrogens with zero attached hydrogens (tertiary/aromatic N) is 3. The highest BCUT2D eigenvalue weighted by molar-refractivity contribution is 5.81. The Labute approximate surface area is 215 Å². The number of aromatic nitrogens is 2. The SMILES string of the molecule is COc1ccc(C=NNc2nc(-c3ccccc3)c(C#N)c(=O)[nH]2)cc1OCc1cccc(C(F)(F)F)c1. The lowest BCUT2D eigenvalue weighted by Crippen LogP contribution is -2.16. The fourth-order valence-electron chi connectivity index (χ4n) is 3.49. The number of alkyl halides is 3. The average Bonchev–Trinajstić information content (AvgIpc) is 2.92. The molecule has 0 radical (unpaired) electrons. The van der Waals surface area contributed by atoms with E-state index in [1.165, 1.54) is 25.5 Å². The predicted molar refractivity (Wildman–Crippen MR) is 135 cm³/mol. The molecule has 1 heterocycles. The summed E-state index contributed by atoms with van der Waals surface area (Å²) in [5.74, 6) is 0.705. The molecule has 1 aromatic heterocycles. The normalized spacial score (nSPS) is 11.2. The fraction of sp³-hybridized carbons (Fsp3) is 0.111. The first-order valence-corrected chi connectivity index (χ1v) is 11.1. The smallest absolute Gasteiger partial charge is 0.416 e. The molecule has 11 heteroatoms. The first kappa shape index (κ1) is 26.0. The van der Waals surface area contributed by atoms with Crippen LogP contribution < -0.4 is 20.5 Å². The van der Waals surface area contributed by atoms with Gasteiger partial charge in [-0.25, -0.2) is 10.4 Å². The van der Waals surface area contributed by atoms with Gasteiger partial charge < -0.3 is 9.47 Å². The van der Waals surface area contributed by atoms with E-state index in [4.69, 9.17) is 9.47 Å². The van der Waals surface area contributed by atoms with Crippen molar-refractivity contribution in [1.29, 1.82) is 5.26 Å². The molecule has 0 fully saturated rings. The van der Waals surface area contributed by atoms with Gasteiger partial charge in [-0.3, -0.25) is 9.78 Å². The van der Waals surface area contributed by atoms with Crippen LogP contribution in [0.15, 0.2) is 82.7 Å². The first-order chi connectivity index (χ1) is 18.3. The van der Waals surface area contributed by atoms with Gasteiger partial charge in [0.05, 0.1) is 24.6 Å². The van der Waals surface area contributed by atoms with Crippen LogP contribution in [0.5, 0.6) is 11.5 Å². The van der Waals surface area contributed by atoms with E-state index in [-0.39, 0.29) is 23.8 Å². The minimum Gasteiger partial charge on any atom is -0.493 e. The van der Waals surface area contributed by atoms with E-state index >= 15 is 0 Å². The van der Waals surface area contributed by atoms with Crippen molar-refractivity contribution in [3.8, 4) is 28.8 Å². The lowest BCUT2D eigenvalue weighted by atomic mass is 10.1. The Bertz CT molecular complexity index is 1560. The van der Waals surface area contributed by atoms with Crippen LogP contribution in [0.25, 0.3) is 11.3 Å². The number of rotatable bonds is 8. The molecule has 0 spiro atoms. The monoisotopic (exact) mass is 519 g/mol. The largest absolute Gasteiger partial charge is 0.493 e. The van der Waals surface area contributed by atoms with Crippen LogP contribution >= 0.6 is 0 Å². The minimum absolute atomic E-state index is 0.0265. The molecule has 8 nitrogen and oxygen atoms in total. The second-order valence-corrected chi connectivity index (χ2v) is 7.88. The van der Waals surface area contributed by atoms with Crippen LogP contribution in [0.2, 0.25) is 0 Å². The molecule has 0 aliphatic carbocycles. The lowest BCUT2D eigenvalue weighted by molar-refractivity contribution is -0.137. The Kier molecular flexibility index (Phi) is 7.72. The van der Waals surface area contributed by atoms with Gasteiger partial charge in [0.1, 0.15) is 18.2 Å². The molecule has 0 saturated heterocycles. The lowest BCUT2D eigenvalue weighted by Gasteiger charge is -2.13. The van der Waals surface area contributed by atoms with E-state index in [1.54, 1.807) is 48.5 Å². The van der Waals surface area contributed by atoms with Gasteiger partial charge in [-0.1, -0.05) is 42.5 Å². The minimum atomic E-state index is -4.45. The van der Waals surface area contributed by atoms with Crippen LogP contribution in [0.3, 0.4) is 0 Å². The molecule has 0 saturated carbocycles. The van der Waals surface area contributed by atoms with Crippen molar-refractivity contribution in [3.63, 3.8) is 0 Å². The number of hydrazone groups is 1. The van der Waals surface area contributed by atoms with Crippen LogP contribution in [0.1, 0.15) is 22.3 Å². The maximum absolute atomic E-state index is 13.0. The Balaban J connectivity index is 1.51. The Morgan fingerprint density at radius 3 is 2.58 bits per heavy atom. The van der Waals surface area contributed by atoms with E-state index in [1.807, 2.05) is 6.07 Å². The summed E-state index contributed by atoms with van der Waals surface area (Å²) in [5.41, 5.74) is 2.85. The quantitative estimate of drug-likeness (QED) is 0.239. The van der Waals surface area contributed by atoms with Gasteiger partial charge in [0.2, 0.25) is 5.95 Å². The van der Waals surface area contributed by atoms with Gasteiger partial charge in [-0.2, -0.15) is 23.5 Å². The topological polar surface area (TPSA) is 112 Å². The van der Waals surface area contributed by atoms with Crippen molar-refractivity contribution < 1.29 is 22.6 Å². The third-order valence-electron chi connectivity index (χ3n) is 5.30. The van der Waals surface area contributed by atoms with Gasteiger partial charge in [-0.15, -0.1) is 0 Å². The van der Waals surface area contributed by atoms with E-state index in [2.05, 4.69) is 20.5 Å². The maximum Gasteiger partial charge on any atom is 0.416 e. The van der Waals surface area contributed by atoms with E-state index in [0.717, 1.165) is 12.1 Å².